The second-order valence-corrected chi connectivity index (χ2v) is 7.41. The highest BCUT2D eigenvalue weighted by Gasteiger charge is 2.23. The van der Waals surface area contributed by atoms with Crippen LogP contribution >= 0.6 is 0 Å². The Morgan fingerprint density at radius 1 is 1.06 bits per heavy atom. The van der Waals surface area contributed by atoms with E-state index in [0.29, 0.717) is 34.2 Å². The summed E-state index contributed by atoms with van der Waals surface area (Å²) in [5, 5.41) is 7.57. The van der Waals surface area contributed by atoms with Crippen LogP contribution in [0.3, 0.4) is 0 Å². The fraction of sp³-hybridized carbons (Fsp3) is 0.160. The average molecular weight is 463 g/mol. The first-order valence-electron chi connectivity index (χ1n) is 10.3. The van der Waals surface area contributed by atoms with Gasteiger partial charge in [0.1, 0.15) is 0 Å². The maximum atomic E-state index is 12.5. The second-order valence-electron chi connectivity index (χ2n) is 7.41. The Labute approximate surface area is 197 Å². The van der Waals surface area contributed by atoms with Crippen LogP contribution in [0.4, 0.5) is 16.2 Å². The Hall–Kier alpha value is -4.53. The van der Waals surface area contributed by atoms with Gasteiger partial charge in [-0.1, -0.05) is 36.4 Å². The first-order chi connectivity index (χ1) is 16.3. The molecule has 9 nitrogen and oxygen atoms in total. The zero-order valence-corrected chi connectivity index (χ0v) is 19.1. The summed E-state index contributed by atoms with van der Waals surface area (Å²) in [4.78, 5) is 37.2. The van der Waals surface area contributed by atoms with Gasteiger partial charge in [0.05, 0.1) is 7.11 Å². The highest BCUT2D eigenvalue weighted by Crippen LogP contribution is 2.41. The molecule has 0 saturated heterocycles. The van der Waals surface area contributed by atoms with Crippen molar-refractivity contribution in [2.24, 2.45) is 0 Å². The number of hydrogen-bond donors (Lipinski definition) is 3. The molecule has 0 bridgehead atoms. The van der Waals surface area contributed by atoms with E-state index in [0.717, 1.165) is 5.57 Å². The Morgan fingerprint density at radius 2 is 1.79 bits per heavy atom. The summed E-state index contributed by atoms with van der Waals surface area (Å²) in [6, 6.07) is 8.71. The SMILES string of the molecule is C=C(C)/C=C\C=C(/C)C(=O)Nc1cccc(NC(=O)NC(=O)c2cc(OC)c3c(c2)OCO3)c1. The monoisotopic (exact) mass is 463 g/mol. The van der Waals surface area contributed by atoms with E-state index in [1.807, 2.05) is 6.92 Å². The molecule has 2 aromatic rings. The van der Waals surface area contributed by atoms with Gasteiger partial charge in [0.2, 0.25) is 12.5 Å². The topological polar surface area (TPSA) is 115 Å². The van der Waals surface area contributed by atoms with E-state index in [4.69, 9.17) is 14.2 Å². The molecule has 0 spiro atoms. The van der Waals surface area contributed by atoms with Crippen molar-refractivity contribution in [1.82, 2.24) is 5.32 Å². The number of urea groups is 1. The molecule has 1 aliphatic heterocycles. The number of carbonyl (C=O) groups is 3. The summed E-state index contributed by atoms with van der Waals surface area (Å²) in [7, 11) is 1.44. The number of allylic oxidation sites excluding steroid dienone is 4. The maximum absolute atomic E-state index is 12.5. The van der Waals surface area contributed by atoms with Crippen LogP contribution < -0.4 is 30.2 Å². The molecule has 0 fully saturated rings. The summed E-state index contributed by atoms with van der Waals surface area (Å²) in [5.74, 6) is 0.137. The summed E-state index contributed by atoms with van der Waals surface area (Å²) < 4.78 is 15.8. The Morgan fingerprint density at radius 3 is 2.50 bits per heavy atom. The van der Waals surface area contributed by atoms with E-state index >= 15 is 0 Å². The van der Waals surface area contributed by atoms with Crippen LogP contribution in [-0.4, -0.2) is 31.7 Å². The first-order valence-corrected chi connectivity index (χ1v) is 10.3. The third-order valence-electron chi connectivity index (χ3n) is 4.61. The highest BCUT2D eigenvalue weighted by atomic mass is 16.7. The third-order valence-corrected chi connectivity index (χ3v) is 4.61. The molecule has 0 aliphatic carbocycles. The van der Waals surface area contributed by atoms with Crippen molar-refractivity contribution in [2.75, 3.05) is 24.5 Å². The molecule has 176 valence electrons. The minimum absolute atomic E-state index is 0.0185. The van der Waals surface area contributed by atoms with Gasteiger partial charge >= 0.3 is 6.03 Å². The van der Waals surface area contributed by atoms with Gasteiger partial charge in [-0.25, -0.2) is 4.79 Å². The average Bonchev–Trinajstić information content (AvgIpc) is 3.27. The number of amides is 4. The Bertz CT molecular complexity index is 1200. The van der Waals surface area contributed by atoms with Crippen molar-refractivity contribution in [3.63, 3.8) is 0 Å². The molecule has 0 atom stereocenters. The zero-order valence-electron chi connectivity index (χ0n) is 19.1. The molecule has 1 heterocycles. The van der Waals surface area contributed by atoms with Crippen LogP contribution in [0.1, 0.15) is 24.2 Å². The van der Waals surface area contributed by atoms with Crippen LogP contribution in [0.15, 0.2) is 72.4 Å². The van der Waals surface area contributed by atoms with E-state index in [1.54, 1.807) is 49.4 Å². The van der Waals surface area contributed by atoms with Crippen LogP contribution in [0.25, 0.3) is 0 Å². The number of anilines is 2. The fourth-order valence-electron chi connectivity index (χ4n) is 2.94. The largest absolute Gasteiger partial charge is 0.493 e. The summed E-state index contributed by atoms with van der Waals surface area (Å²) in [6.45, 7) is 7.32. The molecule has 0 radical (unpaired) electrons. The third kappa shape index (κ3) is 6.26. The molecule has 34 heavy (non-hydrogen) atoms. The lowest BCUT2D eigenvalue weighted by atomic mass is 10.1. The summed E-state index contributed by atoms with van der Waals surface area (Å²) in [6.07, 6.45) is 5.21. The normalized spacial score (nSPS) is 12.3. The molecule has 1 aliphatic rings. The maximum Gasteiger partial charge on any atom is 0.326 e. The molecule has 0 unspecified atom stereocenters. The number of methoxy groups -OCH3 is 1. The molecule has 3 N–H and O–H groups in total. The van der Waals surface area contributed by atoms with Crippen LogP contribution in [-0.2, 0) is 4.79 Å². The van der Waals surface area contributed by atoms with E-state index in [2.05, 4.69) is 22.5 Å². The molecule has 2 aromatic carbocycles. The molecular weight excluding hydrogens is 438 g/mol. The lowest BCUT2D eigenvalue weighted by Crippen LogP contribution is -2.34. The Balaban J connectivity index is 1.62. The number of fused-ring (bicyclic) bond motifs is 1. The lowest BCUT2D eigenvalue weighted by Gasteiger charge is -2.11. The van der Waals surface area contributed by atoms with Gasteiger partial charge < -0.3 is 24.8 Å². The number of imide groups is 1. The van der Waals surface area contributed by atoms with Crippen molar-refractivity contribution < 1.29 is 28.6 Å². The summed E-state index contributed by atoms with van der Waals surface area (Å²) >= 11 is 0. The number of benzene rings is 2. The van der Waals surface area contributed by atoms with Gasteiger partial charge in [-0.05, 0) is 44.2 Å². The molecule has 0 saturated carbocycles. The molecule has 3 rings (SSSR count). The highest BCUT2D eigenvalue weighted by molar-refractivity contribution is 6.09. The number of hydrogen-bond acceptors (Lipinski definition) is 6. The van der Waals surface area contributed by atoms with Gasteiger partial charge in [0.15, 0.2) is 11.5 Å². The predicted octanol–water partition coefficient (Wildman–Crippen LogP) is 4.40. The molecular formula is C25H25N3O6. The van der Waals surface area contributed by atoms with E-state index in [-0.39, 0.29) is 18.3 Å². The van der Waals surface area contributed by atoms with Gasteiger partial charge in [-0.15, -0.1) is 0 Å². The van der Waals surface area contributed by atoms with Gasteiger partial charge in [-0.3, -0.25) is 14.9 Å². The van der Waals surface area contributed by atoms with E-state index < -0.39 is 11.9 Å². The van der Waals surface area contributed by atoms with Crippen LogP contribution in [0.2, 0.25) is 0 Å². The van der Waals surface area contributed by atoms with Gasteiger partial charge in [-0.2, -0.15) is 0 Å². The molecule has 9 heteroatoms. The quantitative estimate of drug-likeness (QED) is 0.414. The standard InChI is InChI=1S/C25H25N3O6/c1-15(2)7-5-8-16(3)23(29)26-18-9-6-10-19(13-18)27-25(31)28-24(30)17-11-20(32-4)22-21(12-17)33-14-34-22/h5-13H,1,14H2,2-4H3,(H,26,29)(H2,27,28,30,31)/b7-5-,16-8+. The van der Waals surface area contributed by atoms with Crippen LogP contribution in [0.5, 0.6) is 17.2 Å². The zero-order chi connectivity index (χ0) is 24.7. The van der Waals surface area contributed by atoms with Gasteiger partial charge in [0.25, 0.3) is 11.8 Å². The smallest absolute Gasteiger partial charge is 0.326 e. The van der Waals surface area contributed by atoms with Crippen molar-refractivity contribution in [3.8, 4) is 17.2 Å². The Kier molecular flexibility index (Phi) is 7.71. The minimum Gasteiger partial charge on any atom is -0.493 e. The number of carbonyl (C=O) groups excluding carboxylic acids is 3. The van der Waals surface area contributed by atoms with Crippen molar-refractivity contribution in [3.05, 3.63) is 77.9 Å². The van der Waals surface area contributed by atoms with E-state index in [9.17, 15) is 14.4 Å². The van der Waals surface area contributed by atoms with Crippen LogP contribution in [0, 0.1) is 0 Å². The predicted molar refractivity (Wildman–Crippen MR) is 128 cm³/mol. The summed E-state index contributed by atoms with van der Waals surface area (Å²) in [5.41, 5.74) is 2.40. The minimum atomic E-state index is -0.744. The number of rotatable bonds is 7. The van der Waals surface area contributed by atoms with Crippen molar-refractivity contribution in [2.45, 2.75) is 13.8 Å². The molecule has 0 aromatic heterocycles. The van der Waals surface area contributed by atoms with Gasteiger partial charge in [0, 0.05) is 22.5 Å². The number of nitrogens with one attached hydrogen (secondary N) is 3. The number of ether oxygens (including phenoxy) is 3. The second kappa shape index (κ2) is 10.9. The lowest BCUT2D eigenvalue weighted by molar-refractivity contribution is -0.112. The van der Waals surface area contributed by atoms with E-state index in [1.165, 1.54) is 19.2 Å². The molecule has 4 amide bonds. The fourth-order valence-corrected chi connectivity index (χ4v) is 2.94. The first kappa shape index (κ1) is 24.1. The van der Waals surface area contributed by atoms with Crippen molar-refractivity contribution in [1.29, 1.82) is 0 Å². The van der Waals surface area contributed by atoms with Crippen molar-refractivity contribution >= 4 is 29.2 Å².